The number of rotatable bonds is 4. The van der Waals surface area contributed by atoms with E-state index in [1.165, 1.54) is 7.11 Å². The minimum atomic E-state index is -0.288. The lowest BCUT2D eigenvalue weighted by Gasteiger charge is -2.14. The predicted molar refractivity (Wildman–Crippen MR) is 61.4 cm³/mol. The van der Waals surface area contributed by atoms with E-state index in [1.54, 1.807) is 0 Å². The Morgan fingerprint density at radius 2 is 2.06 bits per heavy atom. The van der Waals surface area contributed by atoms with Crippen molar-refractivity contribution in [1.82, 2.24) is 0 Å². The molecule has 1 aromatic carbocycles. The Morgan fingerprint density at radius 3 is 2.76 bits per heavy atom. The van der Waals surface area contributed by atoms with Crippen molar-refractivity contribution in [2.45, 2.75) is 19.1 Å². The van der Waals surface area contributed by atoms with E-state index in [-0.39, 0.29) is 12.3 Å². The van der Waals surface area contributed by atoms with Gasteiger partial charge >= 0.3 is 5.97 Å². The monoisotopic (exact) mass is 236 g/mol. The smallest absolute Gasteiger partial charge is 0.305 e. The molecule has 1 heterocycles. The van der Waals surface area contributed by atoms with Gasteiger partial charge in [-0.3, -0.25) is 4.79 Å². The molecule has 17 heavy (non-hydrogen) atoms. The van der Waals surface area contributed by atoms with Crippen molar-refractivity contribution in [3.63, 3.8) is 0 Å². The zero-order valence-electron chi connectivity index (χ0n) is 9.85. The van der Waals surface area contributed by atoms with Gasteiger partial charge in [-0.15, -0.1) is 0 Å². The van der Waals surface area contributed by atoms with Crippen molar-refractivity contribution in [2.24, 2.45) is 0 Å². The summed E-state index contributed by atoms with van der Waals surface area (Å²) in [5.74, 6) is -0.201. The zero-order chi connectivity index (χ0) is 12.1. The summed E-state index contributed by atoms with van der Waals surface area (Å²) >= 11 is 0. The van der Waals surface area contributed by atoms with Gasteiger partial charge in [0.15, 0.2) is 6.29 Å². The molecule has 0 saturated carbocycles. The average Bonchev–Trinajstić information content (AvgIpc) is 2.90. The fourth-order valence-corrected chi connectivity index (χ4v) is 1.87. The van der Waals surface area contributed by atoms with Crippen LogP contribution >= 0.6 is 0 Å². The largest absolute Gasteiger partial charge is 0.469 e. The fraction of sp³-hybridized carbons (Fsp3) is 0.462. The van der Waals surface area contributed by atoms with E-state index < -0.39 is 0 Å². The lowest BCUT2D eigenvalue weighted by atomic mass is 10.0. The number of carbonyl (C=O) groups excluding carboxylic acids is 1. The number of hydrogen-bond acceptors (Lipinski definition) is 4. The van der Waals surface area contributed by atoms with Crippen molar-refractivity contribution < 1.29 is 19.0 Å². The molecule has 1 aliphatic rings. The summed E-state index contributed by atoms with van der Waals surface area (Å²) in [4.78, 5) is 11.1. The summed E-state index contributed by atoms with van der Waals surface area (Å²) in [5, 5.41) is 0. The van der Waals surface area contributed by atoms with E-state index in [0.717, 1.165) is 11.1 Å². The second kappa shape index (κ2) is 5.80. The highest BCUT2D eigenvalue weighted by Gasteiger charge is 2.20. The summed E-state index contributed by atoms with van der Waals surface area (Å²) in [5.41, 5.74) is 2.08. The number of ether oxygens (including phenoxy) is 3. The minimum Gasteiger partial charge on any atom is -0.469 e. The molecular weight excluding hydrogens is 220 g/mol. The third-order valence-corrected chi connectivity index (χ3v) is 2.76. The second-order valence-corrected chi connectivity index (χ2v) is 3.85. The Kier molecular flexibility index (Phi) is 4.12. The highest BCUT2D eigenvalue weighted by molar-refractivity contribution is 5.69. The molecule has 0 bridgehead atoms. The third kappa shape index (κ3) is 3.05. The van der Waals surface area contributed by atoms with E-state index in [2.05, 4.69) is 4.74 Å². The van der Waals surface area contributed by atoms with Gasteiger partial charge in [0.2, 0.25) is 0 Å². The first-order chi connectivity index (χ1) is 8.31. The second-order valence-electron chi connectivity index (χ2n) is 3.85. The molecule has 0 radical (unpaired) electrons. The van der Waals surface area contributed by atoms with Gasteiger partial charge in [0.05, 0.1) is 20.3 Å². The predicted octanol–water partition coefficient (Wildman–Crippen LogP) is 1.84. The Labute approximate surface area is 100 Å². The molecule has 0 aliphatic carbocycles. The van der Waals surface area contributed by atoms with Gasteiger partial charge in [-0.25, -0.2) is 0 Å². The molecule has 92 valence electrons. The van der Waals surface area contributed by atoms with Crippen LogP contribution in [0.25, 0.3) is 0 Å². The van der Waals surface area contributed by atoms with Crippen molar-refractivity contribution in [3.05, 3.63) is 35.4 Å². The van der Waals surface area contributed by atoms with Crippen LogP contribution in [0.15, 0.2) is 24.3 Å². The molecular formula is C13H16O4. The average molecular weight is 236 g/mol. The Morgan fingerprint density at radius 1 is 1.35 bits per heavy atom. The van der Waals surface area contributed by atoms with Crippen LogP contribution in [-0.2, 0) is 25.4 Å². The van der Waals surface area contributed by atoms with Gasteiger partial charge in [0.25, 0.3) is 0 Å². The van der Waals surface area contributed by atoms with Gasteiger partial charge in [0.1, 0.15) is 0 Å². The highest BCUT2D eigenvalue weighted by Crippen LogP contribution is 2.26. The molecule has 2 rings (SSSR count). The van der Waals surface area contributed by atoms with Crippen LogP contribution in [0.2, 0.25) is 0 Å². The van der Waals surface area contributed by atoms with Crippen molar-refractivity contribution in [2.75, 3.05) is 20.3 Å². The van der Waals surface area contributed by atoms with E-state index in [4.69, 9.17) is 9.47 Å². The SMILES string of the molecule is COC(=O)CCc1ccccc1C1OCCO1. The summed E-state index contributed by atoms with van der Waals surface area (Å²) in [6, 6.07) is 7.86. The summed E-state index contributed by atoms with van der Waals surface area (Å²) in [6.07, 6.45) is 0.732. The zero-order valence-corrected chi connectivity index (χ0v) is 9.85. The number of aryl methyl sites for hydroxylation is 1. The van der Waals surface area contributed by atoms with Gasteiger partial charge in [0, 0.05) is 12.0 Å². The summed E-state index contributed by atoms with van der Waals surface area (Å²) in [6.45, 7) is 1.24. The van der Waals surface area contributed by atoms with Crippen LogP contribution in [-0.4, -0.2) is 26.3 Å². The van der Waals surface area contributed by atoms with Crippen LogP contribution in [0.4, 0.5) is 0 Å². The summed E-state index contributed by atoms with van der Waals surface area (Å²) in [7, 11) is 1.40. The van der Waals surface area contributed by atoms with Crippen molar-refractivity contribution >= 4 is 5.97 Å². The molecule has 1 aliphatic heterocycles. The van der Waals surface area contributed by atoms with Gasteiger partial charge < -0.3 is 14.2 Å². The number of carbonyl (C=O) groups is 1. The molecule has 0 aromatic heterocycles. The van der Waals surface area contributed by atoms with Crippen LogP contribution in [0.3, 0.4) is 0 Å². The topological polar surface area (TPSA) is 44.8 Å². The molecule has 0 amide bonds. The fourth-order valence-electron chi connectivity index (χ4n) is 1.87. The number of benzene rings is 1. The molecule has 4 heteroatoms. The summed E-state index contributed by atoms with van der Waals surface area (Å²) < 4.78 is 15.6. The molecule has 1 saturated heterocycles. The molecule has 0 atom stereocenters. The molecule has 1 fully saturated rings. The quantitative estimate of drug-likeness (QED) is 0.748. The molecule has 4 nitrogen and oxygen atoms in total. The first-order valence-corrected chi connectivity index (χ1v) is 5.69. The van der Waals surface area contributed by atoms with Crippen LogP contribution < -0.4 is 0 Å². The lowest BCUT2D eigenvalue weighted by molar-refractivity contribution is -0.140. The van der Waals surface area contributed by atoms with Crippen LogP contribution in [0.1, 0.15) is 23.8 Å². The lowest BCUT2D eigenvalue weighted by Crippen LogP contribution is -2.06. The van der Waals surface area contributed by atoms with E-state index in [1.807, 2.05) is 24.3 Å². The Hall–Kier alpha value is -1.39. The molecule has 0 spiro atoms. The van der Waals surface area contributed by atoms with E-state index in [9.17, 15) is 4.79 Å². The normalized spacial score (nSPS) is 16.1. The number of methoxy groups -OCH3 is 1. The van der Waals surface area contributed by atoms with E-state index >= 15 is 0 Å². The molecule has 0 unspecified atom stereocenters. The van der Waals surface area contributed by atoms with E-state index in [0.29, 0.717) is 26.1 Å². The maximum absolute atomic E-state index is 11.1. The first-order valence-electron chi connectivity index (χ1n) is 5.69. The first kappa shape index (κ1) is 12.1. The van der Waals surface area contributed by atoms with Crippen LogP contribution in [0, 0.1) is 0 Å². The minimum absolute atomic E-state index is 0.201. The maximum Gasteiger partial charge on any atom is 0.305 e. The van der Waals surface area contributed by atoms with Gasteiger partial charge in [-0.1, -0.05) is 24.3 Å². The standard InChI is InChI=1S/C13H16O4/c1-15-12(14)7-6-10-4-2-3-5-11(10)13-16-8-9-17-13/h2-5,13H,6-9H2,1H3. The number of esters is 1. The van der Waals surface area contributed by atoms with Crippen molar-refractivity contribution in [3.8, 4) is 0 Å². The molecule has 0 N–H and O–H groups in total. The maximum atomic E-state index is 11.1. The van der Waals surface area contributed by atoms with Gasteiger partial charge in [-0.2, -0.15) is 0 Å². The van der Waals surface area contributed by atoms with Crippen molar-refractivity contribution in [1.29, 1.82) is 0 Å². The third-order valence-electron chi connectivity index (χ3n) is 2.76. The Balaban J connectivity index is 2.07. The van der Waals surface area contributed by atoms with Crippen LogP contribution in [0.5, 0.6) is 0 Å². The highest BCUT2D eigenvalue weighted by atomic mass is 16.7. The Bertz CT molecular complexity index is 383. The number of hydrogen-bond donors (Lipinski definition) is 0. The van der Waals surface area contributed by atoms with Gasteiger partial charge in [-0.05, 0) is 12.0 Å². The molecule has 1 aromatic rings.